The van der Waals surface area contributed by atoms with Crippen molar-refractivity contribution in [3.63, 3.8) is 0 Å². The molecule has 0 spiro atoms. The quantitative estimate of drug-likeness (QED) is 0.389. The number of carbonyl (C=O) groups is 3. The van der Waals surface area contributed by atoms with Crippen LogP contribution < -0.4 is 5.32 Å². The molecule has 0 radical (unpaired) electrons. The van der Waals surface area contributed by atoms with Gasteiger partial charge in [0, 0.05) is 6.42 Å². The number of hydrogen-bond donors (Lipinski definition) is 1. The molecule has 0 aromatic heterocycles. The predicted molar refractivity (Wildman–Crippen MR) is 98.5 cm³/mol. The van der Waals surface area contributed by atoms with Crippen molar-refractivity contribution in [2.45, 2.75) is 71.1 Å². The lowest BCUT2D eigenvalue weighted by atomic mass is 10.1. The van der Waals surface area contributed by atoms with Crippen LogP contribution in [0, 0.1) is 0 Å². The topological polar surface area (TPSA) is 81.7 Å². The SMILES string of the molecule is CC(C)(C)OC(=O)CCCCC[C@@H](C=O)NC(=O)OCc1ccccc1. The first-order valence-electron chi connectivity index (χ1n) is 8.94. The van der Waals surface area contributed by atoms with Crippen LogP contribution in [0.4, 0.5) is 4.79 Å². The number of rotatable bonds is 10. The number of nitrogens with one attached hydrogen (secondary N) is 1. The van der Waals surface area contributed by atoms with Crippen LogP contribution in [0.15, 0.2) is 30.3 Å². The molecule has 0 aliphatic rings. The fourth-order valence-electron chi connectivity index (χ4n) is 2.29. The maximum absolute atomic E-state index is 11.7. The van der Waals surface area contributed by atoms with E-state index in [-0.39, 0.29) is 12.6 Å². The first-order chi connectivity index (χ1) is 12.3. The molecule has 6 heteroatoms. The zero-order valence-corrected chi connectivity index (χ0v) is 15.8. The van der Waals surface area contributed by atoms with Crippen LogP contribution in [-0.2, 0) is 25.7 Å². The molecule has 0 unspecified atom stereocenters. The Balaban J connectivity index is 2.17. The highest BCUT2D eigenvalue weighted by atomic mass is 16.6. The number of aldehydes is 1. The lowest BCUT2D eigenvalue weighted by molar-refractivity contribution is -0.154. The molecule has 1 aromatic rings. The average molecular weight is 363 g/mol. The van der Waals surface area contributed by atoms with E-state index in [2.05, 4.69) is 5.32 Å². The van der Waals surface area contributed by atoms with Crippen LogP contribution in [-0.4, -0.2) is 30.0 Å². The standard InChI is InChI=1S/C20H29NO5/c1-20(2,3)26-18(23)13-9-5-8-12-17(14-22)21-19(24)25-15-16-10-6-4-7-11-16/h4,6-7,10-11,14,17H,5,8-9,12-13,15H2,1-3H3,(H,21,24)/t17-/m0/s1. The van der Waals surface area contributed by atoms with Crippen LogP contribution in [0.2, 0.25) is 0 Å². The summed E-state index contributed by atoms with van der Waals surface area (Å²) in [5.41, 5.74) is 0.413. The van der Waals surface area contributed by atoms with Crippen molar-refractivity contribution in [2.24, 2.45) is 0 Å². The Morgan fingerprint density at radius 1 is 1.12 bits per heavy atom. The molecule has 26 heavy (non-hydrogen) atoms. The molecule has 0 saturated carbocycles. The van der Waals surface area contributed by atoms with E-state index in [4.69, 9.17) is 9.47 Å². The molecule has 1 rings (SSSR count). The molecule has 1 atom stereocenters. The number of hydrogen-bond acceptors (Lipinski definition) is 5. The highest BCUT2D eigenvalue weighted by Gasteiger charge is 2.16. The van der Waals surface area contributed by atoms with Crippen LogP contribution in [0.1, 0.15) is 58.4 Å². The van der Waals surface area contributed by atoms with Crippen LogP contribution in [0.5, 0.6) is 0 Å². The van der Waals surface area contributed by atoms with E-state index in [1.165, 1.54) is 0 Å². The van der Waals surface area contributed by atoms with Gasteiger partial charge in [0.2, 0.25) is 0 Å². The summed E-state index contributed by atoms with van der Waals surface area (Å²) >= 11 is 0. The second-order valence-corrected chi connectivity index (χ2v) is 7.13. The molecule has 0 saturated heterocycles. The third-order valence-corrected chi connectivity index (χ3v) is 3.50. The molecule has 6 nitrogen and oxygen atoms in total. The largest absolute Gasteiger partial charge is 0.460 e. The van der Waals surface area contributed by atoms with Gasteiger partial charge in [-0.05, 0) is 39.2 Å². The fourth-order valence-corrected chi connectivity index (χ4v) is 2.29. The maximum atomic E-state index is 11.7. The van der Waals surface area contributed by atoms with E-state index in [0.717, 1.165) is 18.4 Å². The molecule has 1 aromatic carbocycles. The number of alkyl carbamates (subject to hydrolysis) is 1. The van der Waals surface area contributed by atoms with Gasteiger partial charge in [-0.1, -0.05) is 43.2 Å². The first kappa shape index (κ1) is 21.7. The molecule has 0 fully saturated rings. The van der Waals surface area contributed by atoms with E-state index < -0.39 is 17.7 Å². The second-order valence-electron chi connectivity index (χ2n) is 7.13. The molecule has 0 aliphatic heterocycles. The summed E-state index contributed by atoms with van der Waals surface area (Å²) in [5, 5.41) is 2.55. The fraction of sp³-hybridized carbons (Fsp3) is 0.550. The third kappa shape index (κ3) is 10.5. The van der Waals surface area contributed by atoms with Crippen LogP contribution in [0.3, 0.4) is 0 Å². The minimum Gasteiger partial charge on any atom is -0.460 e. The monoisotopic (exact) mass is 363 g/mol. The van der Waals surface area contributed by atoms with Crippen LogP contribution in [0.25, 0.3) is 0 Å². The highest BCUT2D eigenvalue weighted by Crippen LogP contribution is 2.11. The summed E-state index contributed by atoms with van der Waals surface area (Å²) in [5.74, 6) is -0.216. The summed E-state index contributed by atoms with van der Waals surface area (Å²) in [6, 6.07) is 8.74. The number of benzene rings is 1. The Morgan fingerprint density at radius 2 is 1.81 bits per heavy atom. The van der Waals surface area contributed by atoms with Crippen molar-refractivity contribution in [2.75, 3.05) is 0 Å². The summed E-state index contributed by atoms with van der Waals surface area (Å²) in [6.45, 7) is 5.67. The normalized spacial score (nSPS) is 12.1. The van der Waals surface area contributed by atoms with Gasteiger partial charge in [0.05, 0.1) is 6.04 Å². The lowest BCUT2D eigenvalue weighted by Crippen LogP contribution is -2.36. The zero-order chi connectivity index (χ0) is 19.4. The van der Waals surface area contributed by atoms with Gasteiger partial charge >= 0.3 is 12.1 Å². The Bertz CT molecular complexity index is 565. The van der Waals surface area contributed by atoms with Gasteiger partial charge < -0.3 is 19.6 Å². The Labute approximate surface area is 155 Å². The van der Waals surface area contributed by atoms with E-state index in [1.807, 2.05) is 51.1 Å². The number of amides is 1. The van der Waals surface area contributed by atoms with Gasteiger partial charge in [-0.15, -0.1) is 0 Å². The van der Waals surface area contributed by atoms with E-state index in [1.54, 1.807) is 0 Å². The lowest BCUT2D eigenvalue weighted by Gasteiger charge is -2.19. The van der Waals surface area contributed by atoms with Crippen molar-refractivity contribution in [1.29, 1.82) is 0 Å². The van der Waals surface area contributed by atoms with Crippen molar-refractivity contribution in [3.05, 3.63) is 35.9 Å². The molecule has 0 bridgehead atoms. The summed E-state index contributed by atoms with van der Waals surface area (Å²) in [4.78, 5) is 34.4. The Kier molecular flexibility index (Phi) is 9.41. The maximum Gasteiger partial charge on any atom is 0.408 e. The van der Waals surface area contributed by atoms with Gasteiger partial charge in [-0.3, -0.25) is 4.79 Å². The number of ether oxygens (including phenoxy) is 2. The van der Waals surface area contributed by atoms with Crippen LogP contribution >= 0.6 is 0 Å². The van der Waals surface area contributed by atoms with E-state index >= 15 is 0 Å². The van der Waals surface area contributed by atoms with Gasteiger partial charge in [0.15, 0.2) is 0 Å². The highest BCUT2D eigenvalue weighted by molar-refractivity contribution is 5.73. The van der Waals surface area contributed by atoms with E-state index in [9.17, 15) is 14.4 Å². The second kappa shape index (κ2) is 11.3. The molecule has 1 amide bonds. The molecule has 144 valence electrons. The number of carbonyl (C=O) groups excluding carboxylic acids is 3. The third-order valence-electron chi connectivity index (χ3n) is 3.50. The van der Waals surface area contributed by atoms with E-state index in [0.29, 0.717) is 25.5 Å². The Hall–Kier alpha value is -2.37. The van der Waals surface area contributed by atoms with Crippen molar-refractivity contribution >= 4 is 18.3 Å². The zero-order valence-electron chi connectivity index (χ0n) is 15.8. The minimum absolute atomic E-state index is 0.161. The number of esters is 1. The molecule has 0 heterocycles. The number of unbranched alkanes of at least 4 members (excludes halogenated alkanes) is 2. The Morgan fingerprint density at radius 3 is 2.42 bits per heavy atom. The predicted octanol–water partition coefficient (Wildman–Crippen LogP) is 3.77. The van der Waals surface area contributed by atoms with Gasteiger partial charge in [0.1, 0.15) is 18.5 Å². The summed E-state index contributed by atoms with van der Waals surface area (Å²) in [6.07, 6.45) is 3.17. The first-order valence-corrected chi connectivity index (χ1v) is 8.94. The average Bonchev–Trinajstić information content (AvgIpc) is 2.58. The molecular formula is C20H29NO5. The minimum atomic E-state index is -0.611. The van der Waals surface area contributed by atoms with Gasteiger partial charge in [-0.2, -0.15) is 0 Å². The van der Waals surface area contributed by atoms with Crippen molar-refractivity contribution < 1.29 is 23.9 Å². The van der Waals surface area contributed by atoms with Gasteiger partial charge in [-0.25, -0.2) is 4.79 Å². The van der Waals surface area contributed by atoms with Crippen molar-refractivity contribution in [1.82, 2.24) is 5.32 Å². The summed E-state index contributed by atoms with van der Waals surface area (Å²) < 4.78 is 10.3. The smallest absolute Gasteiger partial charge is 0.408 e. The van der Waals surface area contributed by atoms with Crippen molar-refractivity contribution in [3.8, 4) is 0 Å². The summed E-state index contributed by atoms with van der Waals surface area (Å²) in [7, 11) is 0. The molecular weight excluding hydrogens is 334 g/mol. The van der Waals surface area contributed by atoms with Gasteiger partial charge in [0.25, 0.3) is 0 Å². The molecule has 1 N–H and O–H groups in total. The molecule has 0 aliphatic carbocycles.